The lowest BCUT2D eigenvalue weighted by atomic mass is 10.1. The highest BCUT2D eigenvalue weighted by atomic mass is 16.3. The van der Waals surface area contributed by atoms with Crippen LogP contribution in [-0.4, -0.2) is 34.5 Å². The summed E-state index contributed by atoms with van der Waals surface area (Å²) in [5.74, 6) is 0.860. The van der Waals surface area contributed by atoms with E-state index in [9.17, 15) is 5.11 Å². The Balaban J connectivity index is 1.87. The second-order valence-electron chi connectivity index (χ2n) is 5.26. The van der Waals surface area contributed by atoms with E-state index in [4.69, 9.17) is 0 Å². The van der Waals surface area contributed by atoms with Crippen molar-refractivity contribution in [1.29, 1.82) is 0 Å². The van der Waals surface area contributed by atoms with Crippen LogP contribution in [0.2, 0.25) is 0 Å². The van der Waals surface area contributed by atoms with Crippen LogP contribution in [0, 0.1) is 6.92 Å². The molecule has 2 heterocycles. The molecule has 0 spiro atoms. The molecule has 0 aliphatic carbocycles. The molecule has 0 amide bonds. The number of aliphatic hydroxyl groups excluding tert-OH is 1. The van der Waals surface area contributed by atoms with Gasteiger partial charge in [-0.1, -0.05) is 24.3 Å². The first-order chi connectivity index (χ1) is 9.79. The Hall–Kier alpha value is -1.94. The summed E-state index contributed by atoms with van der Waals surface area (Å²) < 4.78 is 0. The minimum Gasteiger partial charge on any atom is -0.394 e. The van der Waals surface area contributed by atoms with Crippen molar-refractivity contribution in [3.63, 3.8) is 0 Å². The van der Waals surface area contributed by atoms with Gasteiger partial charge in [-0.05, 0) is 37.5 Å². The molecule has 4 nitrogen and oxygen atoms in total. The summed E-state index contributed by atoms with van der Waals surface area (Å²) in [6, 6.07) is 12.4. The first-order valence-corrected chi connectivity index (χ1v) is 7.07. The van der Waals surface area contributed by atoms with Gasteiger partial charge in [0.25, 0.3) is 0 Å². The van der Waals surface area contributed by atoms with Crippen molar-refractivity contribution in [2.24, 2.45) is 0 Å². The number of aliphatic hydroxyl groups is 1. The van der Waals surface area contributed by atoms with Crippen LogP contribution >= 0.6 is 0 Å². The number of hydrogen-bond acceptors (Lipinski definition) is 4. The number of anilines is 1. The number of hydrogen-bond donors (Lipinski definition) is 1. The smallest absolute Gasteiger partial charge is 0.151 e. The van der Waals surface area contributed by atoms with Crippen LogP contribution in [0.1, 0.15) is 18.4 Å². The normalized spacial score (nSPS) is 18.5. The number of aromatic nitrogens is 2. The molecule has 104 valence electrons. The lowest BCUT2D eigenvalue weighted by Crippen LogP contribution is -2.32. The summed E-state index contributed by atoms with van der Waals surface area (Å²) in [5.41, 5.74) is 3.21. The van der Waals surface area contributed by atoms with Crippen LogP contribution in [0.25, 0.3) is 11.3 Å². The summed E-state index contributed by atoms with van der Waals surface area (Å²) in [4.78, 5) is 2.15. The number of benzene rings is 1. The van der Waals surface area contributed by atoms with Crippen LogP contribution in [-0.2, 0) is 0 Å². The lowest BCUT2D eigenvalue weighted by Gasteiger charge is -2.23. The second-order valence-corrected chi connectivity index (χ2v) is 5.26. The predicted molar refractivity (Wildman–Crippen MR) is 79.7 cm³/mol. The van der Waals surface area contributed by atoms with Crippen molar-refractivity contribution < 1.29 is 5.11 Å². The topological polar surface area (TPSA) is 49.2 Å². The molecule has 3 rings (SSSR count). The van der Waals surface area contributed by atoms with Gasteiger partial charge >= 0.3 is 0 Å². The molecule has 1 aromatic heterocycles. The van der Waals surface area contributed by atoms with Gasteiger partial charge in [-0.15, -0.1) is 10.2 Å². The van der Waals surface area contributed by atoms with Crippen molar-refractivity contribution in [2.45, 2.75) is 25.8 Å². The van der Waals surface area contributed by atoms with E-state index < -0.39 is 0 Å². The predicted octanol–water partition coefficient (Wildman–Crippen LogP) is 2.41. The lowest BCUT2D eigenvalue weighted by molar-refractivity contribution is 0.266. The zero-order chi connectivity index (χ0) is 13.9. The Morgan fingerprint density at radius 2 is 2.05 bits per heavy atom. The monoisotopic (exact) mass is 269 g/mol. The standard InChI is InChI=1S/C16H19N3O/c1-12-5-2-3-7-14(12)15-8-9-16(18-17-15)19-10-4-6-13(19)11-20/h2-3,5,7-9,13,20H,4,6,10-11H2,1H3. The minimum absolute atomic E-state index is 0.182. The summed E-state index contributed by atoms with van der Waals surface area (Å²) in [6.07, 6.45) is 2.13. The summed E-state index contributed by atoms with van der Waals surface area (Å²) in [5, 5.41) is 18.1. The summed E-state index contributed by atoms with van der Waals surface area (Å²) >= 11 is 0. The Bertz CT molecular complexity index is 583. The van der Waals surface area contributed by atoms with Crippen LogP contribution in [0.15, 0.2) is 36.4 Å². The third kappa shape index (κ3) is 2.39. The Morgan fingerprint density at radius 1 is 1.20 bits per heavy atom. The Morgan fingerprint density at radius 3 is 2.75 bits per heavy atom. The maximum Gasteiger partial charge on any atom is 0.151 e. The van der Waals surface area contributed by atoms with E-state index >= 15 is 0 Å². The van der Waals surface area contributed by atoms with E-state index in [1.807, 2.05) is 24.3 Å². The van der Waals surface area contributed by atoms with Gasteiger partial charge in [-0.2, -0.15) is 0 Å². The maximum atomic E-state index is 9.38. The van der Waals surface area contributed by atoms with Crippen molar-refractivity contribution in [3.05, 3.63) is 42.0 Å². The van der Waals surface area contributed by atoms with Crippen molar-refractivity contribution in [1.82, 2.24) is 10.2 Å². The van der Waals surface area contributed by atoms with Gasteiger partial charge in [-0.3, -0.25) is 0 Å². The molecule has 0 saturated carbocycles. The SMILES string of the molecule is Cc1ccccc1-c1ccc(N2CCCC2CO)nn1. The highest BCUT2D eigenvalue weighted by molar-refractivity contribution is 5.63. The van der Waals surface area contributed by atoms with Crippen molar-refractivity contribution in [3.8, 4) is 11.3 Å². The molecule has 20 heavy (non-hydrogen) atoms. The maximum absolute atomic E-state index is 9.38. The molecular formula is C16H19N3O. The van der Waals surface area contributed by atoms with E-state index in [1.165, 1.54) is 5.56 Å². The Kier molecular flexibility index (Phi) is 3.65. The zero-order valence-electron chi connectivity index (χ0n) is 11.7. The van der Waals surface area contributed by atoms with Crippen LogP contribution < -0.4 is 4.90 Å². The fourth-order valence-electron chi connectivity index (χ4n) is 2.81. The van der Waals surface area contributed by atoms with Gasteiger partial charge in [0.2, 0.25) is 0 Å². The molecule has 0 radical (unpaired) electrons. The van der Waals surface area contributed by atoms with Crippen molar-refractivity contribution in [2.75, 3.05) is 18.1 Å². The number of nitrogens with zero attached hydrogens (tertiary/aromatic N) is 3. The highest BCUT2D eigenvalue weighted by Gasteiger charge is 2.25. The first-order valence-electron chi connectivity index (χ1n) is 7.07. The largest absolute Gasteiger partial charge is 0.394 e. The third-order valence-corrected chi connectivity index (χ3v) is 3.95. The quantitative estimate of drug-likeness (QED) is 0.929. The summed E-state index contributed by atoms with van der Waals surface area (Å²) in [7, 11) is 0. The summed E-state index contributed by atoms with van der Waals surface area (Å²) in [6.45, 7) is 3.21. The van der Waals surface area contributed by atoms with Gasteiger partial charge < -0.3 is 10.0 Å². The van der Waals surface area contributed by atoms with Crippen LogP contribution in [0.4, 0.5) is 5.82 Å². The van der Waals surface area contributed by atoms with Crippen LogP contribution in [0.5, 0.6) is 0 Å². The highest BCUT2D eigenvalue weighted by Crippen LogP contribution is 2.25. The minimum atomic E-state index is 0.182. The molecule has 1 saturated heterocycles. The first kappa shape index (κ1) is 13.1. The fourth-order valence-corrected chi connectivity index (χ4v) is 2.81. The Labute approximate surface area is 119 Å². The molecule has 0 bridgehead atoms. The second kappa shape index (κ2) is 5.59. The average molecular weight is 269 g/mol. The third-order valence-electron chi connectivity index (χ3n) is 3.95. The number of rotatable bonds is 3. The molecule has 1 unspecified atom stereocenters. The van der Waals surface area contributed by atoms with E-state index in [0.717, 1.165) is 36.5 Å². The van der Waals surface area contributed by atoms with E-state index in [-0.39, 0.29) is 12.6 Å². The van der Waals surface area contributed by atoms with Gasteiger partial charge in [0.1, 0.15) is 0 Å². The van der Waals surface area contributed by atoms with E-state index in [1.54, 1.807) is 0 Å². The van der Waals surface area contributed by atoms with Gasteiger partial charge in [-0.25, -0.2) is 0 Å². The molecule has 4 heteroatoms. The van der Waals surface area contributed by atoms with Gasteiger partial charge in [0, 0.05) is 12.1 Å². The molecule has 1 atom stereocenters. The number of aryl methyl sites for hydroxylation is 1. The van der Waals surface area contributed by atoms with E-state index in [0.29, 0.717) is 0 Å². The average Bonchev–Trinajstić information content (AvgIpc) is 2.96. The molecule has 1 aliphatic heterocycles. The van der Waals surface area contributed by atoms with Crippen LogP contribution in [0.3, 0.4) is 0 Å². The molecule has 1 fully saturated rings. The van der Waals surface area contributed by atoms with Gasteiger partial charge in [0.15, 0.2) is 5.82 Å². The molecule has 1 aliphatic rings. The molecule has 1 aromatic carbocycles. The zero-order valence-corrected chi connectivity index (χ0v) is 11.7. The fraction of sp³-hybridized carbons (Fsp3) is 0.375. The van der Waals surface area contributed by atoms with E-state index in [2.05, 4.69) is 34.2 Å². The molecule has 1 N–H and O–H groups in total. The molecular weight excluding hydrogens is 250 g/mol. The van der Waals surface area contributed by atoms with Crippen molar-refractivity contribution >= 4 is 5.82 Å². The van der Waals surface area contributed by atoms with Gasteiger partial charge in [0.05, 0.1) is 18.3 Å². The molecule has 2 aromatic rings.